The topological polar surface area (TPSA) is 36.0 Å². The number of aromatic nitrogens is 1. The number of nitrogens with one attached hydrogen (secondary N) is 1. The van der Waals surface area contributed by atoms with E-state index in [9.17, 15) is 5.11 Å². The van der Waals surface area contributed by atoms with Crippen molar-refractivity contribution >= 4 is 10.9 Å². The van der Waals surface area contributed by atoms with E-state index >= 15 is 0 Å². The Morgan fingerprint density at radius 1 is 1.43 bits per heavy atom. The molecule has 72 valence electrons. The van der Waals surface area contributed by atoms with E-state index in [1.165, 1.54) is 5.39 Å². The zero-order valence-corrected chi connectivity index (χ0v) is 7.90. The van der Waals surface area contributed by atoms with Gasteiger partial charge in [-0.3, -0.25) is 0 Å². The number of aliphatic hydroxyl groups excluding tert-OH is 1. The van der Waals surface area contributed by atoms with Crippen LogP contribution in [-0.4, -0.2) is 10.1 Å². The maximum atomic E-state index is 9.73. The van der Waals surface area contributed by atoms with E-state index in [4.69, 9.17) is 0 Å². The van der Waals surface area contributed by atoms with Crippen molar-refractivity contribution in [2.75, 3.05) is 0 Å². The Labute approximate surface area is 82.9 Å². The lowest BCUT2D eigenvalue weighted by atomic mass is 10.1. The van der Waals surface area contributed by atoms with E-state index < -0.39 is 6.10 Å². The van der Waals surface area contributed by atoms with Gasteiger partial charge in [0.15, 0.2) is 0 Å². The number of aromatic amines is 1. The monoisotopic (exact) mass is 187 g/mol. The molecule has 1 aromatic heterocycles. The molecule has 0 radical (unpaired) electrons. The van der Waals surface area contributed by atoms with Gasteiger partial charge in [0.25, 0.3) is 0 Å². The number of hydrogen-bond donors (Lipinski definition) is 2. The van der Waals surface area contributed by atoms with Crippen molar-refractivity contribution in [3.8, 4) is 0 Å². The molecule has 0 fully saturated rings. The third-order valence-corrected chi connectivity index (χ3v) is 2.35. The highest BCUT2D eigenvalue weighted by atomic mass is 16.3. The van der Waals surface area contributed by atoms with Crippen molar-refractivity contribution < 1.29 is 5.11 Å². The maximum absolute atomic E-state index is 9.73. The third-order valence-electron chi connectivity index (χ3n) is 2.35. The second-order valence-electron chi connectivity index (χ2n) is 3.36. The molecule has 0 aliphatic rings. The van der Waals surface area contributed by atoms with Gasteiger partial charge in [0, 0.05) is 11.7 Å². The average Bonchev–Trinajstić information content (AvgIpc) is 2.64. The van der Waals surface area contributed by atoms with Crippen LogP contribution in [0.1, 0.15) is 18.1 Å². The van der Waals surface area contributed by atoms with Gasteiger partial charge in [-0.05, 0) is 29.5 Å². The van der Waals surface area contributed by atoms with Crippen LogP contribution in [-0.2, 0) is 0 Å². The Hall–Kier alpha value is -1.54. The molecule has 1 atom stereocenters. The number of H-pyrrole nitrogens is 1. The molecule has 1 aromatic carbocycles. The number of hydrogen-bond acceptors (Lipinski definition) is 1. The van der Waals surface area contributed by atoms with Crippen LogP contribution in [0.5, 0.6) is 0 Å². The van der Waals surface area contributed by atoms with Crippen molar-refractivity contribution in [2.45, 2.75) is 12.5 Å². The molecule has 0 saturated heterocycles. The fourth-order valence-electron chi connectivity index (χ4n) is 1.57. The largest absolute Gasteiger partial charge is 0.388 e. The smallest absolute Gasteiger partial charge is 0.0825 e. The zero-order chi connectivity index (χ0) is 9.97. The molecule has 2 nitrogen and oxygen atoms in total. The molecule has 14 heavy (non-hydrogen) atoms. The zero-order valence-electron chi connectivity index (χ0n) is 7.90. The lowest BCUT2D eigenvalue weighted by Crippen LogP contribution is -1.94. The van der Waals surface area contributed by atoms with Crippen LogP contribution >= 0.6 is 0 Å². The molecule has 2 rings (SSSR count). The standard InChI is InChI=1S/C12H13NO/c1-2-3-12(14)10-5-4-9-6-7-13-11(9)8-10/h2,4-8,12-14H,1,3H2/t12-/m1/s1. The molecular formula is C12H13NO. The van der Waals surface area contributed by atoms with Crippen LogP contribution < -0.4 is 0 Å². The highest BCUT2D eigenvalue weighted by Crippen LogP contribution is 2.21. The minimum atomic E-state index is -0.444. The fraction of sp³-hybridized carbons (Fsp3) is 0.167. The molecule has 0 saturated carbocycles. The lowest BCUT2D eigenvalue weighted by molar-refractivity contribution is 0.182. The Kier molecular flexibility index (Phi) is 2.37. The number of fused-ring (bicyclic) bond motifs is 1. The molecule has 0 bridgehead atoms. The summed E-state index contributed by atoms with van der Waals surface area (Å²) >= 11 is 0. The van der Waals surface area contributed by atoms with Gasteiger partial charge >= 0.3 is 0 Å². The lowest BCUT2D eigenvalue weighted by Gasteiger charge is -2.07. The van der Waals surface area contributed by atoms with Crippen molar-refractivity contribution in [1.82, 2.24) is 4.98 Å². The second-order valence-corrected chi connectivity index (χ2v) is 3.36. The Balaban J connectivity index is 2.38. The summed E-state index contributed by atoms with van der Waals surface area (Å²) in [5, 5.41) is 10.9. The molecule has 0 amide bonds. The minimum Gasteiger partial charge on any atom is -0.388 e. The maximum Gasteiger partial charge on any atom is 0.0825 e. The first kappa shape index (κ1) is 9.03. The highest BCUT2D eigenvalue weighted by molar-refractivity contribution is 5.79. The number of benzene rings is 1. The predicted octanol–water partition coefficient (Wildman–Crippen LogP) is 2.78. The van der Waals surface area contributed by atoms with Gasteiger partial charge in [0.05, 0.1) is 6.10 Å². The van der Waals surface area contributed by atoms with E-state index in [-0.39, 0.29) is 0 Å². The normalized spacial score (nSPS) is 12.9. The van der Waals surface area contributed by atoms with Gasteiger partial charge in [-0.1, -0.05) is 18.2 Å². The van der Waals surface area contributed by atoms with Crippen molar-refractivity contribution in [2.24, 2.45) is 0 Å². The fourth-order valence-corrected chi connectivity index (χ4v) is 1.57. The van der Waals surface area contributed by atoms with Crippen molar-refractivity contribution in [1.29, 1.82) is 0 Å². The number of rotatable bonds is 3. The van der Waals surface area contributed by atoms with Crippen LogP contribution in [0.4, 0.5) is 0 Å². The average molecular weight is 187 g/mol. The molecule has 2 heteroatoms. The molecule has 2 aromatic rings. The summed E-state index contributed by atoms with van der Waals surface area (Å²) in [7, 11) is 0. The number of aliphatic hydroxyl groups is 1. The van der Waals surface area contributed by atoms with Crippen LogP contribution in [0.3, 0.4) is 0 Å². The van der Waals surface area contributed by atoms with E-state index in [0.717, 1.165) is 11.1 Å². The Morgan fingerprint density at radius 3 is 3.07 bits per heavy atom. The van der Waals surface area contributed by atoms with E-state index in [1.807, 2.05) is 30.5 Å². The van der Waals surface area contributed by atoms with Gasteiger partial charge in [0.1, 0.15) is 0 Å². The summed E-state index contributed by atoms with van der Waals surface area (Å²) < 4.78 is 0. The first-order valence-corrected chi connectivity index (χ1v) is 4.67. The summed E-state index contributed by atoms with van der Waals surface area (Å²) in [6.45, 7) is 3.61. The van der Waals surface area contributed by atoms with Crippen molar-refractivity contribution in [3.05, 3.63) is 48.7 Å². The Bertz CT molecular complexity index is 444. The summed E-state index contributed by atoms with van der Waals surface area (Å²) in [4.78, 5) is 3.12. The summed E-state index contributed by atoms with van der Waals surface area (Å²) in [5.74, 6) is 0. The second kappa shape index (κ2) is 3.68. The van der Waals surface area contributed by atoms with Gasteiger partial charge in [-0.25, -0.2) is 0 Å². The van der Waals surface area contributed by atoms with Gasteiger partial charge in [-0.2, -0.15) is 0 Å². The molecular weight excluding hydrogens is 174 g/mol. The minimum absolute atomic E-state index is 0.444. The molecule has 1 heterocycles. The van der Waals surface area contributed by atoms with E-state index in [0.29, 0.717) is 6.42 Å². The van der Waals surface area contributed by atoms with Gasteiger partial charge < -0.3 is 10.1 Å². The molecule has 0 unspecified atom stereocenters. The van der Waals surface area contributed by atoms with Gasteiger partial charge in [0.2, 0.25) is 0 Å². The Morgan fingerprint density at radius 2 is 2.29 bits per heavy atom. The van der Waals surface area contributed by atoms with Crippen molar-refractivity contribution in [3.63, 3.8) is 0 Å². The molecule has 0 aliphatic heterocycles. The predicted molar refractivity (Wildman–Crippen MR) is 58.1 cm³/mol. The summed E-state index contributed by atoms with van der Waals surface area (Å²) in [6.07, 6.45) is 3.77. The molecule has 2 N–H and O–H groups in total. The van der Waals surface area contributed by atoms with E-state index in [1.54, 1.807) is 6.08 Å². The quantitative estimate of drug-likeness (QED) is 0.712. The van der Waals surface area contributed by atoms with Gasteiger partial charge in [-0.15, -0.1) is 6.58 Å². The summed E-state index contributed by atoms with van der Waals surface area (Å²) in [5.41, 5.74) is 1.99. The van der Waals surface area contributed by atoms with E-state index in [2.05, 4.69) is 11.6 Å². The first-order chi connectivity index (χ1) is 6.81. The van der Waals surface area contributed by atoms with Crippen LogP contribution in [0.25, 0.3) is 10.9 Å². The summed E-state index contributed by atoms with van der Waals surface area (Å²) in [6, 6.07) is 7.94. The van der Waals surface area contributed by atoms with Crippen LogP contribution in [0, 0.1) is 0 Å². The first-order valence-electron chi connectivity index (χ1n) is 4.67. The van der Waals surface area contributed by atoms with Crippen LogP contribution in [0.15, 0.2) is 43.1 Å². The molecule has 0 aliphatic carbocycles. The highest BCUT2D eigenvalue weighted by Gasteiger charge is 2.05. The SMILES string of the molecule is C=CC[C@@H](O)c1ccc2cc[nH]c2c1. The third kappa shape index (κ3) is 1.56. The molecule has 0 spiro atoms. The van der Waals surface area contributed by atoms with Crippen LogP contribution in [0.2, 0.25) is 0 Å².